The summed E-state index contributed by atoms with van der Waals surface area (Å²) in [6.45, 7) is 0.195. The SMILES string of the molecule is Cc1nc(C(F)(F)F)ccc1Cn1c(=O)c(-c2ccc(C#N)cc2)c(-c2ccc(Cl)cc2)c2nnc(COP(=O)([O-])O)n21.[Na+]. The molecule has 11 nitrogen and oxygen atoms in total. The molecule has 0 saturated heterocycles. The van der Waals surface area contributed by atoms with Crippen LogP contribution < -0.4 is 40.0 Å². The van der Waals surface area contributed by atoms with E-state index in [0.717, 1.165) is 10.7 Å². The van der Waals surface area contributed by atoms with E-state index in [9.17, 15) is 37.6 Å². The number of phosphoric acid groups is 1. The first-order chi connectivity index (χ1) is 20.3. The van der Waals surface area contributed by atoms with Gasteiger partial charge in [-0.15, -0.1) is 10.2 Å². The van der Waals surface area contributed by atoms with E-state index in [4.69, 9.17) is 11.6 Å². The molecule has 1 atom stereocenters. The van der Waals surface area contributed by atoms with E-state index in [1.165, 1.54) is 29.6 Å². The van der Waals surface area contributed by atoms with Crippen molar-refractivity contribution in [2.45, 2.75) is 26.3 Å². The molecule has 0 aliphatic heterocycles. The van der Waals surface area contributed by atoms with Crippen molar-refractivity contribution in [1.82, 2.24) is 24.4 Å². The van der Waals surface area contributed by atoms with E-state index in [2.05, 4.69) is 19.7 Å². The van der Waals surface area contributed by atoms with E-state index < -0.39 is 31.9 Å². The monoisotopic (exact) mass is 652 g/mol. The number of aryl methyl sites for hydroxylation is 1. The van der Waals surface area contributed by atoms with Crippen LogP contribution in [0.5, 0.6) is 0 Å². The minimum Gasteiger partial charge on any atom is -0.756 e. The summed E-state index contributed by atoms with van der Waals surface area (Å²) in [5.41, 5.74) is 0.0436. The zero-order chi connectivity index (χ0) is 31.1. The number of hydrogen-bond acceptors (Lipinski definition) is 8. The van der Waals surface area contributed by atoms with Crippen molar-refractivity contribution in [3.8, 4) is 28.3 Å². The number of fused-ring (bicyclic) bond motifs is 1. The van der Waals surface area contributed by atoms with Crippen LogP contribution in [0.2, 0.25) is 5.02 Å². The smallest absolute Gasteiger partial charge is 0.756 e. The van der Waals surface area contributed by atoms with Gasteiger partial charge < -0.3 is 14.3 Å². The molecule has 0 radical (unpaired) electrons. The molecule has 1 N–H and O–H groups in total. The number of aromatic nitrogens is 5. The van der Waals surface area contributed by atoms with Gasteiger partial charge in [-0.25, -0.2) is 14.2 Å². The predicted molar refractivity (Wildman–Crippen MR) is 146 cm³/mol. The molecule has 3 aromatic heterocycles. The van der Waals surface area contributed by atoms with Crippen LogP contribution in [-0.2, 0) is 28.4 Å². The van der Waals surface area contributed by atoms with Crippen molar-refractivity contribution < 1.29 is 61.6 Å². The van der Waals surface area contributed by atoms with Crippen LogP contribution in [0.15, 0.2) is 65.5 Å². The topological polar surface area (TPSA) is 158 Å². The van der Waals surface area contributed by atoms with E-state index in [1.807, 2.05) is 6.07 Å². The van der Waals surface area contributed by atoms with Gasteiger partial charge in [0.2, 0.25) is 0 Å². The predicted octanol–water partition coefficient (Wildman–Crippen LogP) is 1.50. The summed E-state index contributed by atoms with van der Waals surface area (Å²) in [5, 5.41) is 17.9. The number of hydrogen-bond donors (Lipinski definition) is 1. The van der Waals surface area contributed by atoms with Gasteiger partial charge in [0.05, 0.1) is 23.7 Å². The minimum atomic E-state index is -5.22. The van der Waals surface area contributed by atoms with Crippen molar-refractivity contribution in [3.05, 3.63) is 104 Å². The zero-order valence-electron chi connectivity index (χ0n) is 22.9. The number of rotatable bonds is 7. The Labute approximate surface area is 274 Å². The molecule has 0 aliphatic rings. The fourth-order valence-corrected chi connectivity index (χ4v) is 4.88. The molecule has 17 heteroatoms. The number of benzene rings is 2. The second-order valence-corrected chi connectivity index (χ2v) is 10.9. The standard InChI is InChI=1S/C27H19ClF3N6O5P.Na/c1-15-19(8-11-21(33-15)27(29,30)31)13-36-26(38)24(18-4-2-16(12-32)3-5-18)23(17-6-9-20(28)10-7-17)25-35-34-22(37(25)36)14-42-43(39,40)41;/h2-11H,13-14H2,1H3,(H2,39,40,41);/q;+1/p-1. The van der Waals surface area contributed by atoms with Crippen LogP contribution in [0, 0.1) is 18.3 Å². The van der Waals surface area contributed by atoms with Gasteiger partial charge in [-0.2, -0.15) is 18.4 Å². The quantitative estimate of drug-likeness (QED) is 0.203. The third-order valence-corrected chi connectivity index (χ3v) is 7.17. The zero-order valence-corrected chi connectivity index (χ0v) is 26.6. The average Bonchev–Trinajstić information content (AvgIpc) is 3.37. The molecule has 0 fully saturated rings. The van der Waals surface area contributed by atoms with Crippen LogP contribution in [0.25, 0.3) is 27.9 Å². The minimum absolute atomic E-state index is 0. The summed E-state index contributed by atoms with van der Waals surface area (Å²) in [5.74, 6) is -0.212. The van der Waals surface area contributed by atoms with E-state index in [1.54, 1.807) is 36.4 Å². The van der Waals surface area contributed by atoms with Crippen LogP contribution in [0.1, 0.15) is 28.3 Å². The van der Waals surface area contributed by atoms with Gasteiger partial charge in [0.15, 0.2) is 11.5 Å². The molecule has 0 saturated carbocycles. The van der Waals surface area contributed by atoms with Gasteiger partial charge in [0, 0.05) is 16.3 Å². The third-order valence-electron chi connectivity index (χ3n) is 6.47. The largest absolute Gasteiger partial charge is 1.00 e. The van der Waals surface area contributed by atoms with Gasteiger partial charge in [-0.1, -0.05) is 41.9 Å². The molecule has 0 spiro atoms. The van der Waals surface area contributed by atoms with E-state index >= 15 is 0 Å². The van der Waals surface area contributed by atoms with Gasteiger partial charge in [0.1, 0.15) is 12.3 Å². The molecule has 5 aromatic rings. The molecule has 3 heterocycles. The Balaban J connectivity index is 0.00000442. The maximum atomic E-state index is 14.4. The number of nitrogens with zero attached hydrogens (tertiary/aromatic N) is 6. The average molecular weight is 653 g/mol. The molecule has 44 heavy (non-hydrogen) atoms. The fourth-order valence-electron chi connectivity index (χ4n) is 4.48. The number of alkyl halides is 3. The number of phosphoric ester groups is 1. The summed E-state index contributed by atoms with van der Waals surface area (Å²) in [6.07, 6.45) is -4.69. The summed E-state index contributed by atoms with van der Waals surface area (Å²) in [6, 6.07) is 16.5. The molecule has 5 rings (SSSR count). The first kappa shape index (κ1) is 33.5. The number of pyridine rings is 1. The molecule has 0 aliphatic carbocycles. The maximum Gasteiger partial charge on any atom is 1.00 e. The van der Waals surface area contributed by atoms with Gasteiger partial charge in [-0.3, -0.25) is 9.36 Å². The summed E-state index contributed by atoms with van der Waals surface area (Å²) < 4.78 is 58.0. The second-order valence-electron chi connectivity index (χ2n) is 9.24. The van der Waals surface area contributed by atoms with Crippen molar-refractivity contribution in [2.75, 3.05) is 0 Å². The molecule has 0 amide bonds. The first-order valence-electron chi connectivity index (χ1n) is 12.3. The maximum absolute atomic E-state index is 14.4. The van der Waals surface area contributed by atoms with Crippen molar-refractivity contribution >= 4 is 25.1 Å². The Morgan fingerprint density at radius 3 is 2.23 bits per heavy atom. The summed E-state index contributed by atoms with van der Waals surface area (Å²) in [4.78, 5) is 38.6. The van der Waals surface area contributed by atoms with Crippen molar-refractivity contribution in [2.24, 2.45) is 0 Å². The normalized spacial score (nSPS) is 12.9. The van der Waals surface area contributed by atoms with E-state index in [-0.39, 0.29) is 70.0 Å². The molecule has 1 unspecified atom stereocenters. The molecular formula is C27H18ClF3N6NaO5P. The van der Waals surface area contributed by atoms with Crippen LogP contribution in [-0.4, -0.2) is 29.3 Å². The Hall–Kier alpha value is -3.38. The molecule has 0 bridgehead atoms. The Kier molecular flexibility index (Phi) is 9.84. The van der Waals surface area contributed by atoms with Gasteiger partial charge in [0.25, 0.3) is 13.4 Å². The third kappa shape index (κ3) is 6.96. The van der Waals surface area contributed by atoms with Crippen LogP contribution >= 0.6 is 19.4 Å². The molecular weight excluding hydrogens is 635 g/mol. The molecule has 220 valence electrons. The first-order valence-corrected chi connectivity index (χ1v) is 14.1. The Bertz CT molecular complexity index is 2010. The fraction of sp³-hybridized carbons (Fsp3) is 0.148. The van der Waals surface area contributed by atoms with Crippen LogP contribution in [0.4, 0.5) is 13.2 Å². The van der Waals surface area contributed by atoms with Crippen molar-refractivity contribution in [1.29, 1.82) is 5.26 Å². The molecule has 2 aromatic carbocycles. The number of nitriles is 1. The summed E-state index contributed by atoms with van der Waals surface area (Å²) >= 11 is 6.09. The van der Waals surface area contributed by atoms with Gasteiger partial charge in [-0.05, 0) is 53.9 Å². The Morgan fingerprint density at radius 2 is 1.66 bits per heavy atom. The van der Waals surface area contributed by atoms with Crippen molar-refractivity contribution in [3.63, 3.8) is 0 Å². The van der Waals surface area contributed by atoms with Gasteiger partial charge >= 0.3 is 35.7 Å². The Morgan fingerprint density at radius 1 is 1.05 bits per heavy atom. The van der Waals surface area contributed by atoms with Crippen LogP contribution in [0.3, 0.4) is 0 Å². The van der Waals surface area contributed by atoms with E-state index in [0.29, 0.717) is 21.7 Å². The number of halogens is 4. The second kappa shape index (κ2) is 12.9. The summed E-state index contributed by atoms with van der Waals surface area (Å²) in [7, 11) is -5.22.